The number of rotatable bonds is 5. The van der Waals surface area contributed by atoms with Crippen molar-refractivity contribution in [3.8, 4) is 0 Å². The fraction of sp³-hybridized carbons (Fsp3) is 0.818. The largest absolute Gasteiger partial charge is 0.383 e. The Morgan fingerprint density at radius 1 is 1.53 bits per heavy atom. The first-order chi connectivity index (χ1) is 8.24. The number of nitrogens with zero attached hydrogens (tertiary/aromatic N) is 3. The molecule has 5 nitrogen and oxygen atoms in total. The summed E-state index contributed by atoms with van der Waals surface area (Å²) in [6.07, 6.45) is 5.00. The predicted molar refractivity (Wildman–Crippen MR) is 70.1 cm³/mol. The fourth-order valence-corrected chi connectivity index (χ4v) is 2.66. The minimum Gasteiger partial charge on any atom is -0.383 e. The second-order valence-corrected chi connectivity index (χ2v) is 4.94. The van der Waals surface area contributed by atoms with Gasteiger partial charge in [-0.15, -0.1) is 5.10 Å². The van der Waals surface area contributed by atoms with E-state index in [2.05, 4.69) is 19.7 Å². The maximum atomic E-state index is 5.33. The van der Waals surface area contributed by atoms with Gasteiger partial charge in [-0.05, 0) is 25.1 Å². The van der Waals surface area contributed by atoms with E-state index in [0.29, 0.717) is 12.6 Å². The molecule has 0 spiro atoms. The standard InChI is InChI=1S/C11H20N4OS/c1-14(7-8-16-2)10-12-13-11(17)15(10)9-5-3-4-6-9/h9H,3-8H2,1-2H3,(H,13,17). The van der Waals surface area contributed by atoms with Crippen LogP contribution >= 0.6 is 12.2 Å². The van der Waals surface area contributed by atoms with Crippen LogP contribution in [-0.4, -0.2) is 42.1 Å². The molecule has 0 radical (unpaired) electrons. The van der Waals surface area contributed by atoms with Gasteiger partial charge in [0.05, 0.1) is 6.61 Å². The summed E-state index contributed by atoms with van der Waals surface area (Å²) in [4.78, 5) is 2.09. The van der Waals surface area contributed by atoms with Crippen LogP contribution in [0.25, 0.3) is 0 Å². The average molecular weight is 256 g/mol. The first-order valence-electron chi connectivity index (χ1n) is 6.11. The molecule has 0 atom stereocenters. The molecule has 1 aliphatic rings. The normalized spacial score (nSPS) is 16.6. The Morgan fingerprint density at radius 2 is 2.24 bits per heavy atom. The van der Waals surface area contributed by atoms with Crippen molar-refractivity contribution in [2.75, 3.05) is 32.2 Å². The third-order valence-electron chi connectivity index (χ3n) is 3.35. The van der Waals surface area contributed by atoms with Gasteiger partial charge in [-0.1, -0.05) is 12.8 Å². The van der Waals surface area contributed by atoms with Gasteiger partial charge in [0.25, 0.3) is 0 Å². The summed E-state index contributed by atoms with van der Waals surface area (Å²) in [6.45, 7) is 1.52. The number of nitrogens with one attached hydrogen (secondary N) is 1. The van der Waals surface area contributed by atoms with Crippen LogP contribution in [0, 0.1) is 4.77 Å². The van der Waals surface area contributed by atoms with Gasteiger partial charge in [-0.3, -0.25) is 4.57 Å². The Balaban J connectivity index is 2.19. The first kappa shape index (κ1) is 12.6. The summed E-state index contributed by atoms with van der Waals surface area (Å²) in [5.74, 6) is 0.930. The number of aromatic nitrogens is 3. The topological polar surface area (TPSA) is 46.1 Å². The summed E-state index contributed by atoms with van der Waals surface area (Å²) in [5.41, 5.74) is 0. The lowest BCUT2D eigenvalue weighted by atomic mass is 10.2. The fourth-order valence-electron chi connectivity index (χ4n) is 2.39. The van der Waals surface area contributed by atoms with Crippen LogP contribution < -0.4 is 4.90 Å². The highest BCUT2D eigenvalue weighted by Gasteiger charge is 2.22. The molecule has 0 unspecified atom stereocenters. The number of methoxy groups -OCH3 is 1. The number of ether oxygens (including phenoxy) is 1. The highest BCUT2D eigenvalue weighted by molar-refractivity contribution is 7.71. The number of hydrogen-bond donors (Lipinski definition) is 1. The molecule has 96 valence electrons. The number of H-pyrrole nitrogens is 1. The van der Waals surface area contributed by atoms with Gasteiger partial charge in [0.2, 0.25) is 5.95 Å². The smallest absolute Gasteiger partial charge is 0.225 e. The molecular weight excluding hydrogens is 236 g/mol. The Morgan fingerprint density at radius 3 is 2.88 bits per heavy atom. The maximum Gasteiger partial charge on any atom is 0.225 e. The molecule has 1 aliphatic carbocycles. The van der Waals surface area contributed by atoms with Crippen molar-refractivity contribution in [3.05, 3.63) is 4.77 Å². The zero-order chi connectivity index (χ0) is 12.3. The van der Waals surface area contributed by atoms with E-state index in [0.717, 1.165) is 17.3 Å². The highest BCUT2D eigenvalue weighted by Crippen LogP contribution is 2.32. The van der Waals surface area contributed by atoms with E-state index in [1.807, 2.05) is 7.05 Å². The van der Waals surface area contributed by atoms with Crippen molar-refractivity contribution in [1.82, 2.24) is 14.8 Å². The predicted octanol–water partition coefficient (Wildman–Crippen LogP) is 2.14. The summed E-state index contributed by atoms with van der Waals surface area (Å²) in [6, 6.07) is 0.515. The third-order valence-corrected chi connectivity index (χ3v) is 3.64. The number of likely N-dealkylation sites (N-methyl/N-ethyl adjacent to an activating group) is 1. The molecule has 1 heterocycles. The summed E-state index contributed by atoms with van der Waals surface area (Å²) >= 11 is 5.33. The van der Waals surface area contributed by atoms with Crippen LogP contribution in [0.15, 0.2) is 0 Å². The third kappa shape index (κ3) is 2.69. The minimum absolute atomic E-state index is 0.515. The van der Waals surface area contributed by atoms with Crippen molar-refractivity contribution < 1.29 is 4.74 Å². The van der Waals surface area contributed by atoms with Crippen LogP contribution in [0.3, 0.4) is 0 Å². The maximum absolute atomic E-state index is 5.33. The van der Waals surface area contributed by atoms with Crippen molar-refractivity contribution in [1.29, 1.82) is 0 Å². The second-order valence-electron chi connectivity index (χ2n) is 4.55. The molecule has 1 saturated carbocycles. The van der Waals surface area contributed by atoms with Gasteiger partial charge >= 0.3 is 0 Å². The lowest BCUT2D eigenvalue weighted by Gasteiger charge is -2.21. The zero-order valence-corrected chi connectivity index (χ0v) is 11.3. The molecule has 1 aromatic rings. The lowest BCUT2D eigenvalue weighted by molar-refractivity contribution is 0.206. The molecule has 0 bridgehead atoms. The van der Waals surface area contributed by atoms with Crippen LogP contribution in [0.1, 0.15) is 31.7 Å². The van der Waals surface area contributed by atoms with Crippen molar-refractivity contribution in [2.45, 2.75) is 31.7 Å². The minimum atomic E-state index is 0.515. The van der Waals surface area contributed by atoms with Gasteiger partial charge in [0.15, 0.2) is 4.77 Å². The summed E-state index contributed by atoms with van der Waals surface area (Å²) in [7, 11) is 3.73. The number of hydrogen-bond acceptors (Lipinski definition) is 4. The monoisotopic (exact) mass is 256 g/mol. The second kappa shape index (κ2) is 5.64. The quantitative estimate of drug-likeness (QED) is 0.820. The zero-order valence-electron chi connectivity index (χ0n) is 10.5. The first-order valence-corrected chi connectivity index (χ1v) is 6.52. The molecule has 6 heteroatoms. The van der Waals surface area contributed by atoms with E-state index < -0.39 is 0 Å². The molecule has 1 N–H and O–H groups in total. The van der Waals surface area contributed by atoms with E-state index in [9.17, 15) is 0 Å². The van der Waals surface area contributed by atoms with Gasteiger partial charge < -0.3 is 9.64 Å². The van der Waals surface area contributed by atoms with Gasteiger partial charge in [0.1, 0.15) is 0 Å². The van der Waals surface area contributed by atoms with Crippen LogP contribution in [0.2, 0.25) is 0 Å². The lowest BCUT2D eigenvalue weighted by Crippen LogP contribution is -2.26. The van der Waals surface area contributed by atoms with Crippen molar-refractivity contribution in [3.63, 3.8) is 0 Å². The van der Waals surface area contributed by atoms with E-state index in [1.54, 1.807) is 7.11 Å². The Kier molecular flexibility index (Phi) is 4.17. The van der Waals surface area contributed by atoms with E-state index >= 15 is 0 Å². The van der Waals surface area contributed by atoms with E-state index in [4.69, 9.17) is 17.0 Å². The average Bonchev–Trinajstić information content (AvgIpc) is 2.94. The van der Waals surface area contributed by atoms with Gasteiger partial charge in [-0.25, -0.2) is 5.10 Å². The van der Waals surface area contributed by atoms with E-state index in [-0.39, 0.29) is 0 Å². The van der Waals surface area contributed by atoms with Crippen molar-refractivity contribution in [2.24, 2.45) is 0 Å². The van der Waals surface area contributed by atoms with Crippen LogP contribution in [0.5, 0.6) is 0 Å². The Hall–Kier alpha value is -0.880. The van der Waals surface area contributed by atoms with E-state index in [1.165, 1.54) is 25.7 Å². The molecule has 0 aliphatic heterocycles. The molecular formula is C11H20N4OS. The summed E-state index contributed by atoms with van der Waals surface area (Å²) < 4.78 is 7.99. The van der Waals surface area contributed by atoms with Crippen LogP contribution in [0.4, 0.5) is 5.95 Å². The number of aromatic amines is 1. The molecule has 2 rings (SSSR count). The SMILES string of the molecule is COCCN(C)c1n[nH]c(=S)n1C1CCCC1. The molecule has 1 aromatic heterocycles. The molecule has 1 fully saturated rings. The number of anilines is 1. The molecule has 0 amide bonds. The Labute approximate surface area is 107 Å². The van der Waals surface area contributed by atoms with Gasteiger partial charge in [0, 0.05) is 26.7 Å². The molecule has 17 heavy (non-hydrogen) atoms. The highest BCUT2D eigenvalue weighted by atomic mass is 32.1. The van der Waals surface area contributed by atoms with Crippen molar-refractivity contribution >= 4 is 18.2 Å². The molecule has 0 aromatic carbocycles. The summed E-state index contributed by atoms with van der Waals surface area (Å²) in [5, 5.41) is 7.23. The molecule has 0 saturated heterocycles. The Bertz CT molecular complexity index is 408. The van der Waals surface area contributed by atoms with Gasteiger partial charge in [-0.2, -0.15) is 0 Å². The van der Waals surface area contributed by atoms with Crippen LogP contribution in [-0.2, 0) is 4.74 Å².